The largest absolute Gasteiger partial charge is 0.343 e. The molecule has 0 fully saturated rings. The van der Waals surface area contributed by atoms with Crippen molar-refractivity contribution in [1.82, 2.24) is 14.8 Å². The number of benzene rings is 1. The van der Waals surface area contributed by atoms with E-state index in [9.17, 15) is 4.79 Å². The maximum atomic E-state index is 11.2. The molecule has 0 saturated heterocycles. The zero-order valence-corrected chi connectivity index (χ0v) is 9.28. The van der Waals surface area contributed by atoms with Gasteiger partial charge in [0.1, 0.15) is 6.07 Å². The Labute approximate surface area is 95.7 Å². The standard InChI is InChI=1S/C10H8N4OS/c1-14-9(15)12-13-10(14)16-8-5-3-2-4-7(8)6-11/h2-5H,1H3,(H,12,15). The summed E-state index contributed by atoms with van der Waals surface area (Å²) in [5, 5.41) is 15.7. The molecule has 0 unspecified atom stereocenters. The van der Waals surface area contributed by atoms with Crippen molar-refractivity contribution >= 4 is 11.8 Å². The molecule has 6 heteroatoms. The second-order valence-electron chi connectivity index (χ2n) is 3.08. The summed E-state index contributed by atoms with van der Waals surface area (Å²) in [6.45, 7) is 0. The van der Waals surface area contributed by atoms with Gasteiger partial charge in [0.25, 0.3) is 0 Å². The molecule has 0 atom stereocenters. The third kappa shape index (κ3) is 1.85. The summed E-state index contributed by atoms with van der Waals surface area (Å²) in [5.74, 6) is 0. The SMILES string of the molecule is Cn1c(Sc2ccccc2C#N)n[nH]c1=O. The predicted molar refractivity (Wildman–Crippen MR) is 59.1 cm³/mol. The Kier molecular flexibility index (Phi) is 2.79. The number of hydrogen-bond donors (Lipinski definition) is 1. The van der Waals surface area contributed by atoms with Crippen molar-refractivity contribution in [1.29, 1.82) is 5.26 Å². The molecule has 5 nitrogen and oxygen atoms in total. The first-order valence-electron chi connectivity index (χ1n) is 4.50. The molecule has 0 radical (unpaired) electrons. The monoisotopic (exact) mass is 232 g/mol. The third-order valence-corrected chi connectivity index (χ3v) is 3.17. The minimum Gasteiger partial charge on any atom is -0.273 e. The second kappa shape index (κ2) is 4.24. The lowest BCUT2D eigenvalue weighted by Crippen LogP contribution is -2.12. The molecule has 0 amide bonds. The second-order valence-corrected chi connectivity index (χ2v) is 4.09. The molecule has 1 aromatic carbocycles. The summed E-state index contributed by atoms with van der Waals surface area (Å²) in [6.07, 6.45) is 0. The van der Waals surface area contributed by atoms with Gasteiger partial charge in [-0.15, -0.1) is 5.10 Å². The predicted octanol–water partition coefficient (Wildman–Crippen LogP) is 1.13. The average molecular weight is 232 g/mol. The number of nitriles is 1. The molecule has 1 heterocycles. The molecular formula is C10H8N4OS. The highest BCUT2D eigenvalue weighted by molar-refractivity contribution is 7.99. The smallest absolute Gasteiger partial charge is 0.273 e. The number of rotatable bonds is 2. The Bertz CT molecular complexity index is 608. The van der Waals surface area contributed by atoms with Gasteiger partial charge < -0.3 is 0 Å². The van der Waals surface area contributed by atoms with Crippen LogP contribution in [0.4, 0.5) is 0 Å². The fourth-order valence-corrected chi connectivity index (χ4v) is 2.05. The van der Waals surface area contributed by atoms with Crippen LogP contribution >= 0.6 is 11.8 Å². The number of nitrogens with one attached hydrogen (secondary N) is 1. The fourth-order valence-electron chi connectivity index (χ4n) is 1.17. The zero-order chi connectivity index (χ0) is 11.5. The molecule has 1 N–H and O–H groups in total. The lowest BCUT2D eigenvalue weighted by Gasteiger charge is -2.01. The highest BCUT2D eigenvalue weighted by Gasteiger charge is 2.08. The van der Waals surface area contributed by atoms with Gasteiger partial charge in [-0.05, 0) is 23.9 Å². The van der Waals surface area contributed by atoms with Crippen LogP contribution in [0.2, 0.25) is 0 Å². The molecule has 0 bridgehead atoms. The van der Waals surface area contributed by atoms with Gasteiger partial charge in [0.05, 0.1) is 5.56 Å². The van der Waals surface area contributed by atoms with Crippen LogP contribution in [0.5, 0.6) is 0 Å². The van der Waals surface area contributed by atoms with Gasteiger partial charge in [-0.2, -0.15) is 5.26 Å². The van der Waals surface area contributed by atoms with Crippen molar-refractivity contribution in [3.8, 4) is 6.07 Å². The van der Waals surface area contributed by atoms with Crippen molar-refractivity contribution in [2.24, 2.45) is 7.05 Å². The maximum Gasteiger partial charge on any atom is 0.343 e. The van der Waals surface area contributed by atoms with Gasteiger partial charge in [-0.25, -0.2) is 9.89 Å². The van der Waals surface area contributed by atoms with Crippen LogP contribution < -0.4 is 5.69 Å². The van der Waals surface area contributed by atoms with E-state index in [2.05, 4.69) is 16.3 Å². The summed E-state index contributed by atoms with van der Waals surface area (Å²) in [6, 6.07) is 9.29. The molecule has 2 aromatic rings. The maximum absolute atomic E-state index is 11.2. The van der Waals surface area contributed by atoms with E-state index in [1.54, 1.807) is 19.2 Å². The molecule has 0 aliphatic carbocycles. The molecule has 0 spiro atoms. The van der Waals surface area contributed by atoms with E-state index in [0.717, 1.165) is 4.90 Å². The zero-order valence-electron chi connectivity index (χ0n) is 8.47. The average Bonchev–Trinajstić information content (AvgIpc) is 2.62. The molecule has 16 heavy (non-hydrogen) atoms. The van der Waals surface area contributed by atoms with Crippen LogP contribution in [0.15, 0.2) is 39.1 Å². The third-order valence-electron chi connectivity index (χ3n) is 2.05. The summed E-state index contributed by atoms with van der Waals surface area (Å²) in [5.41, 5.74) is 0.305. The van der Waals surface area contributed by atoms with E-state index in [0.29, 0.717) is 10.7 Å². The van der Waals surface area contributed by atoms with E-state index in [-0.39, 0.29) is 5.69 Å². The molecule has 0 aliphatic heterocycles. The van der Waals surface area contributed by atoms with Crippen molar-refractivity contribution in [3.05, 3.63) is 40.3 Å². The number of nitrogens with zero attached hydrogens (tertiary/aromatic N) is 3. The van der Waals surface area contributed by atoms with Crippen LogP contribution in [-0.4, -0.2) is 14.8 Å². The highest BCUT2D eigenvalue weighted by Crippen LogP contribution is 2.27. The highest BCUT2D eigenvalue weighted by atomic mass is 32.2. The summed E-state index contributed by atoms with van der Waals surface area (Å²) in [7, 11) is 1.63. The molecule has 1 aromatic heterocycles. The molecule has 2 rings (SSSR count). The van der Waals surface area contributed by atoms with Crippen LogP contribution in [0, 0.1) is 11.3 Å². The van der Waals surface area contributed by atoms with Crippen LogP contribution in [0.1, 0.15) is 5.56 Å². The number of aromatic nitrogens is 3. The van der Waals surface area contributed by atoms with Crippen molar-refractivity contribution in [3.63, 3.8) is 0 Å². The summed E-state index contributed by atoms with van der Waals surface area (Å²) < 4.78 is 1.40. The van der Waals surface area contributed by atoms with Crippen molar-refractivity contribution in [2.75, 3.05) is 0 Å². The minimum atomic E-state index is -0.267. The Morgan fingerprint density at radius 1 is 1.50 bits per heavy atom. The Balaban J connectivity index is 2.38. The van der Waals surface area contributed by atoms with E-state index in [4.69, 9.17) is 5.26 Å². The number of H-pyrrole nitrogens is 1. The normalized spacial score (nSPS) is 10.0. The van der Waals surface area contributed by atoms with E-state index >= 15 is 0 Å². The number of hydrogen-bond acceptors (Lipinski definition) is 4. The molecule has 80 valence electrons. The molecular weight excluding hydrogens is 224 g/mol. The first kappa shape index (κ1) is 10.5. The quantitative estimate of drug-likeness (QED) is 0.842. The summed E-state index contributed by atoms with van der Waals surface area (Å²) >= 11 is 1.28. The van der Waals surface area contributed by atoms with E-state index < -0.39 is 0 Å². The summed E-state index contributed by atoms with van der Waals surface area (Å²) in [4.78, 5) is 11.9. The Morgan fingerprint density at radius 3 is 2.88 bits per heavy atom. The lowest BCUT2D eigenvalue weighted by molar-refractivity contribution is 0.766. The van der Waals surface area contributed by atoms with Crippen LogP contribution in [0.25, 0.3) is 0 Å². The lowest BCUT2D eigenvalue weighted by atomic mass is 10.2. The Hall–Kier alpha value is -2.00. The number of aromatic amines is 1. The first-order valence-corrected chi connectivity index (χ1v) is 5.32. The van der Waals surface area contributed by atoms with Crippen molar-refractivity contribution in [2.45, 2.75) is 10.1 Å². The van der Waals surface area contributed by atoms with Gasteiger partial charge in [0, 0.05) is 11.9 Å². The van der Waals surface area contributed by atoms with Crippen LogP contribution in [0.3, 0.4) is 0 Å². The van der Waals surface area contributed by atoms with E-state index in [1.807, 2.05) is 12.1 Å². The van der Waals surface area contributed by atoms with Crippen molar-refractivity contribution < 1.29 is 0 Å². The van der Waals surface area contributed by atoms with Crippen LogP contribution in [-0.2, 0) is 7.05 Å². The fraction of sp³-hybridized carbons (Fsp3) is 0.100. The minimum absolute atomic E-state index is 0.267. The first-order chi connectivity index (χ1) is 7.72. The van der Waals surface area contributed by atoms with Gasteiger partial charge in [0.15, 0.2) is 5.16 Å². The topological polar surface area (TPSA) is 74.5 Å². The molecule has 0 saturated carbocycles. The van der Waals surface area contributed by atoms with Gasteiger partial charge in [-0.3, -0.25) is 4.57 Å². The van der Waals surface area contributed by atoms with Gasteiger partial charge in [0.2, 0.25) is 0 Å². The van der Waals surface area contributed by atoms with E-state index in [1.165, 1.54) is 16.3 Å². The van der Waals surface area contributed by atoms with Gasteiger partial charge >= 0.3 is 5.69 Å². The van der Waals surface area contributed by atoms with Gasteiger partial charge in [-0.1, -0.05) is 12.1 Å². The molecule has 0 aliphatic rings. The Morgan fingerprint density at radius 2 is 2.25 bits per heavy atom.